The van der Waals surface area contributed by atoms with Gasteiger partial charge in [0.15, 0.2) is 6.29 Å². The number of esters is 1. The first-order valence-electron chi connectivity index (χ1n) is 10.5. The van der Waals surface area contributed by atoms with Crippen LogP contribution in [0.25, 0.3) is 0 Å². The molecule has 0 atom stereocenters. The van der Waals surface area contributed by atoms with E-state index in [0.717, 1.165) is 38.5 Å². The summed E-state index contributed by atoms with van der Waals surface area (Å²) in [7, 11) is 3.34. The van der Waals surface area contributed by atoms with Gasteiger partial charge in [-0.2, -0.15) is 0 Å². The van der Waals surface area contributed by atoms with Gasteiger partial charge in [-0.3, -0.25) is 9.59 Å². The molecule has 0 aliphatic heterocycles. The highest BCUT2D eigenvalue weighted by Gasteiger charge is 2.18. The van der Waals surface area contributed by atoms with Gasteiger partial charge in [-0.25, -0.2) is 0 Å². The minimum Gasteiger partial charge on any atom is -0.460 e. The van der Waals surface area contributed by atoms with Crippen molar-refractivity contribution in [2.24, 2.45) is 0 Å². The molecular formula is C24H40O5. The fraction of sp³-hybridized carbons (Fsp3) is 0.667. The lowest BCUT2D eigenvalue weighted by atomic mass is 10.1. The zero-order chi connectivity index (χ0) is 22.0. The molecule has 0 aliphatic rings. The van der Waals surface area contributed by atoms with Crippen LogP contribution in [0.4, 0.5) is 0 Å². The van der Waals surface area contributed by atoms with E-state index in [9.17, 15) is 9.59 Å². The molecule has 0 heterocycles. The van der Waals surface area contributed by atoms with Gasteiger partial charge in [0.05, 0.1) is 0 Å². The average Bonchev–Trinajstić information content (AvgIpc) is 2.63. The number of Topliss-reactive ketones (excluding diaryl/α,β-unsaturated/α-hetero) is 1. The van der Waals surface area contributed by atoms with Gasteiger partial charge in [-0.1, -0.05) is 36.5 Å². The average molecular weight is 409 g/mol. The molecule has 0 bridgehead atoms. The number of ketones is 1. The summed E-state index contributed by atoms with van der Waals surface area (Å²) in [6.45, 7) is 5.38. The normalized spacial score (nSPS) is 12.6. The quantitative estimate of drug-likeness (QED) is 0.108. The van der Waals surface area contributed by atoms with E-state index in [4.69, 9.17) is 14.2 Å². The largest absolute Gasteiger partial charge is 0.460 e. The third kappa shape index (κ3) is 19.4. The predicted molar refractivity (Wildman–Crippen MR) is 118 cm³/mol. The molecule has 0 aliphatic carbocycles. The molecule has 0 saturated heterocycles. The Morgan fingerprint density at radius 3 is 1.93 bits per heavy atom. The molecule has 0 unspecified atom stereocenters. The summed E-state index contributed by atoms with van der Waals surface area (Å²) in [4.78, 5) is 23.3. The van der Waals surface area contributed by atoms with Crippen LogP contribution in [0.2, 0.25) is 0 Å². The highest BCUT2D eigenvalue weighted by Crippen LogP contribution is 2.10. The maximum absolute atomic E-state index is 11.7. The monoisotopic (exact) mass is 408 g/mol. The van der Waals surface area contributed by atoms with Crippen LogP contribution in [0.3, 0.4) is 0 Å². The lowest BCUT2D eigenvalue weighted by Crippen LogP contribution is -2.25. The standard InChI is InChI=1S/C24H40O5/c1-24(2,3)29-22(26)20-21(25)18-16-14-12-10-8-6-7-9-11-13-15-17-19-23(27-4)28-5/h6,8-9,11-12,14,23H,7,10,13,15-20H2,1-5H3. The number of carbonyl (C=O) groups is 2. The molecule has 0 aromatic rings. The van der Waals surface area contributed by atoms with Crippen molar-refractivity contribution in [1.82, 2.24) is 0 Å². The molecule has 5 heteroatoms. The third-order valence-electron chi connectivity index (χ3n) is 3.98. The van der Waals surface area contributed by atoms with Crippen molar-refractivity contribution < 1.29 is 23.8 Å². The maximum atomic E-state index is 11.7. The number of rotatable bonds is 16. The number of methoxy groups -OCH3 is 2. The highest BCUT2D eigenvalue weighted by atomic mass is 16.7. The molecule has 0 radical (unpaired) electrons. The van der Waals surface area contributed by atoms with Crippen molar-refractivity contribution in [2.45, 2.75) is 90.4 Å². The van der Waals surface area contributed by atoms with Crippen molar-refractivity contribution in [3.05, 3.63) is 36.5 Å². The molecule has 0 aromatic carbocycles. The Morgan fingerprint density at radius 2 is 1.38 bits per heavy atom. The smallest absolute Gasteiger partial charge is 0.313 e. The first kappa shape index (κ1) is 27.3. The van der Waals surface area contributed by atoms with E-state index in [1.807, 2.05) is 12.2 Å². The maximum Gasteiger partial charge on any atom is 0.313 e. The molecule has 29 heavy (non-hydrogen) atoms. The summed E-state index contributed by atoms with van der Waals surface area (Å²) >= 11 is 0. The van der Waals surface area contributed by atoms with Crippen LogP contribution < -0.4 is 0 Å². The van der Waals surface area contributed by atoms with Crippen molar-refractivity contribution >= 4 is 11.8 Å². The molecule has 5 nitrogen and oxygen atoms in total. The van der Waals surface area contributed by atoms with Crippen molar-refractivity contribution in [3.8, 4) is 0 Å². The van der Waals surface area contributed by atoms with Gasteiger partial charge in [-0.15, -0.1) is 0 Å². The number of carbonyl (C=O) groups excluding carboxylic acids is 2. The summed E-state index contributed by atoms with van der Waals surface area (Å²) in [5.41, 5.74) is -0.545. The number of ether oxygens (including phenoxy) is 3. The SMILES string of the molecule is COC(CCCCC=CCC=CCC=CCCC(=O)CC(=O)OC(C)(C)C)OC. The van der Waals surface area contributed by atoms with Crippen LogP contribution in [0, 0.1) is 0 Å². The van der Waals surface area contributed by atoms with Crippen LogP contribution in [0.5, 0.6) is 0 Å². The zero-order valence-corrected chi connectivity index (χ0v) is 18.9. The van der Waals surface area contributed by atoms with Gasteiger partial charge in [0.25, 0.3) is 0 Å². The van der Waals surface area contributed by atoms with E-state index in [-0.39, 0.29) is 18.5 Å². The molecule has 0 spiro atoms. The Kier molecular flexibility index (Phi) is 16.1. The number of hydrogen-bond acceptors (Lipinski definition) is 5. The molecule has 0 fully saturated rings. The minimum atomic E-state index is -0.545. The minimum absolute atomic E-state index is 0.0791. The van der Waals surface area contributed by atoms with Crippen molar-refractivity contribution in [2.75, 3.05) is 14.2 Å². The van der Waals surface area contributed by atoms with E-state index < -0.39 is 11.6 Å². The lowest BCUT2D eigenvalue weighted by Gasteiger charge is -2.19. The Morgan fingerprint density at radius 1 is 0.828 bits per heavy atom. The van der Waals surface area contributed by atoms with Gasteiger partial charge >= 0.3 is 5.97 Å². The molecule has 0 saturated carbocycles. The number of allylic oxidation sites excluding steroid dienone is 6. The van der Waals surface area contributed by atoms with Crippen LogP contribution in [0.15, 0.2) is 36.5 Å². The Balaban J connectivity index is 3.66. The second kappa shape index (κ2) is 17.2. The number of hydrogen-bond donors (Lipinski definition) is 0. The molecule has 0 N–H and O–H groups in total. The Labute approximate surface area is 177 Å². The van der Waals surface area contributed by atoms with E-state index in [1.54, 1.807) is 35.0 Å². The fourth-order valence-electron chi connectivity index (χ4n) is 2.55. The van der Waals surface area contributed by atoms with Gasteiger partial charge in [0.1, 0.15) is 17.8 Å². The Hall–Kier alpha value is -1.72. The summed E-state index contributed by atoms with van der Waals surface area (Å²) in [5.74, 6) is -0.527. The van der Waals surface area contributed by atoms with E-state index >= 15 is 0 Å². The fourth-order valence-corrected chi connectivity index (χ4v) is 2.55. The molecule has 0 rings (SSSR count). The molecule has 0 aromatic heterocycles. The van der Waals surface area contributed by atoms with Crippen LogP contribution in [-0.4, -0.2) is 37.9 Å². The number of unbranched alkanes of at least 4 members (excludes halogenated alkanes) is 2. The van der Waals surface area contributed by atoms with Crippen molar-refractivity contribution in [3.63, 3.8) is 0 Å². The predicted octanol–water partition coefficient (Wildman–Crippen LogP) is 5.70. The first-order chi connectivity index (χ1) is 13.8. The zero-order valence-electron chi connectivity index (χ0n) is 18.9. The van der Waals surface area contributed by atoms with Crippen LogP contribution in [-0.2, 0) is 23.8 Å². The van der Waals surface area contributed by atoms with Crippen LogP contribution >= 0.6 is 0 Å². The van der Waals surface area contributed by atoms with Crippen molar-refractivity contribution in [1.29, 1.82) is 0 Å². The molecule has 0 amide bonds. The van der Waals surface area contributed by atoms with Gasteiger partial charge in [-0.05, 0) is 65.7 Å². The van der Waals surface area contributed by atoms with E-state index in [0.29, 0.717) is 12.8 Å². The van der Waals surface area contributed by atoms with E-state index in [1.165, 1.54) is 0 Å². The van der Waals surface area contributed by atoms with Gasteiger partial charge < -0.3 is 14.2 Å². The lowest BCUT2D eigenvalue weighted by molar-refractivity contribution is -0.156. The second-order valence-corrected chi connectivity index (χ2v) is 7.91. The first-order valence-corrected chi connectivity index (χ1v) is 10.5. The summed E-state index contributed by atoms with van der Waals surface area (Å²) in [5, 5.41) is 0. The topological polar surface area (TPSA) is 61.8 Å². The second-order valence-electron chi connectivity index (χ2n) is 7.91. The van der Waals surface area contributed by atoms with E-state index in [2.05, 4.69) is 24.3 Å². The summed E-state index contributed by atoms with van der Waals surface area (Å²) in [6, 6.07) is 0. The van der Waals surface area contributed by atoms with Gasteiger partial charge in [0.2, 0.25) is 0 Å². The summed E-state index contributed by atoms with van der Waals surface area (Å²) < 4.78 is 15.5. The highest BCUT2D eigenvalue weighted by molar-refractivity contribution is 5.95. The summed E-state index contributed by atoms with van der Waals surface area (Å²) in [6.07, 6.45) is 19.5. The molecule has 166 valence electrons. The van der Waals surface area contributed by atoms with Crippen LogP contribution in [0.1, 0.15) is 78.6 Å². The molecular weight excluding hydrogens is 368 g/mol. The third-order valence-corrected chi connectivity index (χ3v) is 3.98. The van der Waals surface area contributed by atoms with Gasteiger partial charge in [0, 0.05) is 20.6 Å². The Bertz CT molecular complexity index is 522.